The van der Waals surface area contributed by atoms with Crippen molar-refractivity contribution >= 4 is 28.6 Å². The van der Waals surface area contributed by atoms with Gasteiger partial charge in [-0.15, -0.1) is 0 Å². The first kappa shape index (κ1) is 26.9. The van der Waals surface area contributed by atoms with Crippen LogP contribution in [0, 0.1) is 12.7 Å². The first-order chi connectivity index (χ1) is 19.8. The van der Waals surface area contributed by atoms with E-state index in [0.717, 1.165) is 52.3 Å². The van der Waals surface area contributed by atoms with Crippen LogP contribution in [-0.4, -0.2) is 38.3 Å². The zero-order valence-corrected chi connectivity index (χ0v) is 23.1. The topological polar surface area (TPSA) is 86.5 Å². The predicted molar refractivity (Wildman–Crippen MR) is 154 cm³/mol. The van der Waals surface area contributed by atoms with Crippen LogP contribution in [0.15, 0.2) is 72.8 Å². The zero-order chi connectivity index (χ0) is 28.5. The maximum Gasteiger partial charge on any atom is 0.335 e. The molecule has 1 aliphatic heterocycles. The number of halogens is 2. The lowest BCUT2D eigenvalue weighted by atomic mass is 10.0. The van der Waals surface area contributed by atoms with E-state index in [1.54, 1.807) is 36.4 Å². The standard InChI is InChI=1S/C32H27ClFN3O4/c1-19-13-21(27-3-2-4-31(36-27)41-18-23-7-9-24(33)16-26(23)34)6-5-20(19)15-30-35-28-10-8-22(32(38)39)14-29(28)37(30)17-25-11-12-40-25/h2-10,13-14,16,25H,11-12,15,17-18H2,1H3,(H,38,39)/t25-/m0/s1. The van der Waals surface area contributed by atoms with Gasteiger partial charge in [0.1, 0.15) is 18.2 Å². The summed E-state index contributed by atoms with van der Waals surface area (Å²) < 4.78 is 27.7. The number of hydrogen-bond acceptors (Lipinski definition) is 5. The predicted octanol–water partition coefficient (Wildman–Crippen LogP) is 6.86. The molecule has 41 heavy (non-hydrogen) atoms. The molecule has 0 spiro atoms. The summed E-state index contributed by atoms with van der Waals surface area (Å²) in [6.45, 7) is 3.46. The van der Waals surface area contributed by atoms with Crippen molar-refractivity contribution in [2.45, 2.75) is 39.0 Å². The number of pyridine rings is 1. The van der Waals surface area contributed by atoms with E-state index in [2.05, 4.69) is 21.7 Å². The Balaban J connectivity index is 1.24. The first-order valence-corrected chi connectivity index (χ1v) is 13.7. The summed E-state index contributed by atoms with van der Waals surface area (Å²) in [6, 6.07) is 21.2. The number of aromatic nitrogens is 3. The normalized spacial score (nSPS) is 14.7. The Morgan fingerprint density at radius 1 is 1.10 bits per heavy atom. The Hall–Kier alpha value is -4.27. The first-order valence-electron chi connectivity index (χ1n) is 13.3. The molecule has 5 aromatic rings. The highest BCUT2D eigenvalue weighted by molar-refractivity contribution is 6.30. The number of carbonyl (C=O) groups is 1. The van der Waals surface area contributed by atoms with Crippen LogP contribution in [0.1, 0.15) is 39.3 Å². The van der Waals surface area contributed by atoms with Crippen molar-refractivity contribution in [1.82, 2.24) is 14.5 Å². The third-order valence-electron chi connectivity index (χ3n) is 7.35. The average Bonchev–Trinajstić information content (AvgIpc) is 3.27. The molecule has 1 aliphatic rings. The van der Waals surface area contributed by atoms with Gasteiger partial charge in [0.15, 0.2) is 0 Å². The lowest BCUT2D eigenvalue weighted by Crippen LogP contribution is -2.31. The molecule has 0 bridgehead atoms. The van der Waals surface area contributed by atoms with Gasteiger partial charge in [-0.05, 0) is 66.9 Å². The van der Waals surface area contributed by atoms with Crippen LogP contribution in [0.2, 0.25) is 5.02 Å². The van der Waals surface area contributed by atoms with E-state index in [1.165, 1.54) is 6.07 Å². The lowest BCUT2D eigenvalue weighted by Gasteiger charge is -2.27. The Bertz CT molecular complexity index is 1770. The maximum atomic E-state index is 14.1. The van der Waals surface area contributed by atoms with Gasteiger partial charge in [0.05, 0.1) is 34.9 Å². The summed E-state index contributed by atoms with van der Waals surface area (Å²) in [5.41, 5.74) is 6.03. The van der Waals surface area contributed by atoms with Crippen LogP contribution in [0.5, 0.6) is 5.88 Å². The third-order valence-corrected chi connectivity index (χ3v) is 7.59. The molecule has 1 N–H and O–H groups in total. The van der Waals surface area contributed by atoms with Gasteiger partial charge in [-0.25, -0.2) is 19.2 Å². The molecule has 0 amide bonds. The fourth-order valence-corrected chi connectivity index (χ4v) is 5.11. The van der Waals surface area contributed by atoms with Gasteiger partial charge < -0.3 is 19.1 Å². The number of aromatic carboxylic acids is 1. The van der Waals surface area contributed by atoms with E-state index in [1.807, 2.05) is 25.1 Å². The van der Waals surface area contributed by atoms with E-state index in [4.69, 9.17) is 26.1 Å². The second kappa shape index (κ2) is 11.3. The lowest BCUT2D eigenvalue weighted by molar-refractivity contribution is -0.0589. The molecule has 2 aromatic heterocycles. The van der Waals surface area contributed by atoms with Crippen molar-refractivity contribution in [3.05, 3.63) is 112 Å². The molecule has 3 heterocycles. The summed E-state index contributed by atoms with van der Waals surface area (Å²) in [5.74, 6) is -0.133. The highest BCUT2D eigenvalue weighted by Gasteiger charge is 2.23. The van der Waals surface area contributed by atoms with Crippen LogP contribution in [0.3, 0.4) is 0 Å². The Labute approximate surface area is 241 Å². The van der Waals surface area contributed by atoms with Crippen LogP contribution in [0.4, 0.5) is 4.39 Å². The minimum atomic E-state index is -0.965. The molecule has 9 heteroatoms. The minimum Gasteiger partial charge on any atom is -0.478 e. The van der Waals surface area contributed by atoms with Crippen molar-refractivity contribution in [2.24, 2.45) is 0 Å². The average molecular weight is 572 g/mol. The number of carboxylic acids is 1. The highest BCUT2D eigenvalue weighted by atomic mass is 35.5. The fraction of sp³-hybridized carbons (Fsp3) is 0.219. The second-order valence-electron chi connectivity index (χ2n) is 10.1. The molecule has 1 fully saturated rings. The van der Waals surface area contributed by atoms with Crippen molar-refractivity contribution < 1.29 is 23.8 Å². The van der Waals surface area contributed by atoms with Gasteiger partial charge in [-0.1, -0.05) is 35.9 Å². The number of carboxylic acid groups (broad SMARTS) is 1. The Morgan fingerprint density at radius 3 is 2.66 bits per heavy atom. The molecule has 0 unspecified atom stereocenters. The molecule has 0 saturated carbocycles. The van der Waals surface area contributed by atoms with Gasteiger partial charge in [-0.2, -0.15) is 0 Å². The summed E-state index contributed by atoms with van der Waals surface area (Å²) in [5, 5.41) is 9.84. The number of rotatable bonds is 9. The molecule has 1 saturated heterocycles. The molecule has 0 aliphatic carbocycles. The summed E-state index contributed by atoms with van der Waals surface area (Å²) in [7, 11) is 0. The van der Waals surface area contributed by atoms with Gasteiger partial charge >= 0.3 is 5.97 Å². The smallest absolute Gasteiger partial charge is 0.335 e. The van der Waals surface area contributed by atoms with Gasteiger partial charge in [0.2, 0.25) is 5.88 Å². The number of benzene rings is 3. The molecular weight excluding hydrogens is 545 g/mol. The molecule has 208 valence electrons. The number of hydrogen-bond donors (Lipinski definition) is 1. The molecule has 7 nitrogen and oxygen atoms in total. The molecule has 6 rings (SSSR count). The van der Waals surface area contributed by atoms with Gasteiger partial charge in [0.25, 0.3) is 0 Å². The summed E-state index contributed by atoms with van der Waals surface area (Å²) in [6.07, 6.45) is 1.65. The quantitative estimate of drug-likeness (QED) is 0.208. The van der Waals surface area contributed by atoms with E-state index < -0.39 is 11.8 Å². The number of imidazole rings is 1. The van der Waals surface area contributed by atoms with E-state index >= 15 is 0 Å². The van der Waals surface area contributed by atoms with Crippen molar-refractivity contribution in [3.8, 4) is 17.1 Å². The van der Waals surface area contributed by atoms with Crippen molar-refractivity contribution in [2.75, 3.05) is 6.61 Å². The monoisotopic (exact) mass is 571 g/mol. The molecular formula is C32H27ClFN3O4. The number of ether oxygens (including phenoxy) is 2. The van der Waals surface area contributed by atoms with Crippen molar-refractivity contribution in [1.29, 1.82) is 0 Å². The van der Waals surface area contributed by atoms with Gasteiger partial charge in [0, 0.05) is 35.2 Å². The van der Waals surface area contributed by atoms with Crippen molar-refractivity contribution in [3.63, 3.8) is 0 Å². The van der Waals surface area contributed by atoms with Crippen LogP contribution < -0.4 is 4.74 Å². The molecule has 0 radical (unpaired) electrons. The van der Waals surface area contributed by atoms with E-state index in [-0.39, 0.29) is 18.3 Å². The molecule has 1 atom stereocenters. The van der Waals surface area contributed by atoms with Crippen LogP contribution in [-0.2, 0) is 24.3 Å². The largest absolute Gasteiger partial charge is 0.478 e. The highest BCUT2D eigenvalue weighted by Crippen LogP contribution is 2.27. The molecule has 3 aromatic carbocycles. The Morgan fingerprint density at radius 2 is 1.93 bits per heavy atom. The summed E-state index contributed by atoms with van der Waals surface area (Å²) in [4.78, 5) is 21.1. The SMILES string of the molecule is Cc1cc(-c2cccc(OCc3ccc(Cl)cc3F)n2)ccc1Cc1nc2ccc(C(=O)O)cc2n1C[C@@H]1CCO1. The van der Waals surface area contributed by atoms with Crippen LogP contribution in [0.25, 0.3) is 22.3 Å². The fourth-order valence-electron chi connectivity index (χ4n) is 4.95. The van der Waals surface area contributed by atoms with Gasteiger partial charge in [-0.3, -0.25) is 0 Å². The number of nitrogens with zero attached hydrogens (tertiary/aromatic N) is 3. The second-order valence-corrected chi connectivity index (χ2v) is 10.6. The zero-order valence-electron chi connectivity index (χ0n) is 22.3. The number of fused-ring (bicyclic) bond motifs is 1. The van der Waals surface area contributed by atoms with Crippen LogP contribution >= 0.6 is 11.6 Å². The van der Waals surface area contributed by atoms with E-state index in [0.29, 0.717) is 29.4 Å². The number of aryl methyl sites for hydroxylation is 1. The minimum absolute atomic E-state index is 0.0400. The Kier molecular flexibility index (Phi) is 7.43. The summed E-state index contributed by atoms with van der Waals surface area (Å²) >= 11 is 5.84. The third kappa shape index (κ3) is 5.80. The maximum absolute atomic E-state index is 14.1. The van der Waals surface area contributed by atoms with E-state index in [9.17, 15) is 14.3 Å².